The van der Waals surface area contributed by atoms with Gasteiger partial charge < -0.3 is 4.90 Å². The second-order valence-corrected chi connectivity index (χ2v) is 7.18. The number of nitrogens with zero attached hydrogens (tertiary/aromatic N) is 3. The third-order valence-electron chi connectivity index (χ3n) is 4.00. The molecule has 2 rings (SSSR count). The van der Waals surface area contributed by atoms with Gasteiger partial charge in [0, 0.05) is 31.4 Å². The molecule has 0 unspecified atom stereocenters. The zero-order valence-electron chi connectivity index (χ0n) is 14.6. The summed E-state index contributed by atoms with van der Waals surface area (Å²) in [6, 6.07) is 7.66. The van der Waals surface area contributed by atoms with E-state index in [-0.39, 0.29) is 11.8 Å². The quantitative estimate of drug-likeness (QED) is 0.843. The van der Waals surface area contributed by atoms with E-state index in [2.05, 4.69) is 13.8 Å². The summed E-state index contributed by atoms with van der Waals surface area (Å²) in [6.07, 6.45) is 1.96. The summed E-state index contributed by atoms with van der Waals surface area (Å²) in [5, 5.41) is 5.39. The van der Waals surface area contributed by atoms with Crippen molar-refractivity contribution in [1.29, 1.82) is 0 Å². The molecule has 0 atom stereocenters. The highest BCUT2D eigenvalue weighted by atomic mass is 35.5. The van der Waals surface area contributed by atoms with E-state index >= 15 is 0 Å². The Labute approximate surface area is 143 Å². The highest BCUT2D eigenvalue weighted by molar-refractivity contribution is 6.33. The van der Waals surface area contributed by atoms with Gasteiger partial charge in [-0.25, -0.2) is 0 Å². The van der Waals surface area contributed by atoms with Gasteiger partial charge >= 0.3 is 0 Å². The van der Waals surface area contributed by atoms with Gasteiger partial charge in [0.1, 0.15) is 5.54 Å². The van der Waals surface area contributed by atoms with Crippen molar-refractivity contribution in [1.82, 2.24) is 14.7 Å². The summed E-state index contributed by atoms with van der Waals surface area (Å²) >= 11 is 6.35. The Kier molecular flexibility index (Phi) is 4.85. The maximum atomic E-state index is 12.5. The van der Waals surface area contributed by atoms with Crippen molar-refractivity contribution in [3.05, 3.63) is 41.0 Å². The van der Waals surface area contributed by atoms with Crippen molar-refractivity contribution in [2.24, 2.45) is 0 Å². The molecule has 0 saturated heterocycles. The van der Waals surface area contributed by atoms with Gasteiger partial charge in [-0.15, -0.1) is 0 Å². The summed E-state index contributed by atoms with van der Waals surface area (Å²) in [7, 11) is 3.51. The summed E-state index contributed by atoms with van der Waals surface area (Å²) in [4.78, 5) is 14.1. The molecule has 0 aliphatic carbocycles. The van der Waals surface area contributed by atoms with E-state index in [1.807, 2.05) is 44.3 Å². The van der Waals surface area contributed by atoms with Crippen LogP contribution in [0.3, 0.4) is 0 Å². The van der Waals surface area contributed by atoms with E-state index in [1.54, 1.807) is 23.7 Å². The van der Waals surface area contributed by atoms with Gasteiger partial charge in [0.2, 0.25) is 5.91 Å². The van der Waals surface area contributed by atoms with E-state index in [9.17, 15) is 4.79 Å². The van der Waals surface area contributed by atoms with Gasteiger partial charge in [0.15, 0.2) is 0 Å². The number of carbonyl (C=O) groups excluding carboxylic acids is 1. The van der Waals surface area contributed by atoms with Crippen LogP contribution in [-0.4, -0.2) is 34.7 Å². The van der Waals surface area contributed by atoms with Crippen molar-refractivity contribution >= 4 is 17.5 Å². The first kappa shape index (κ1) is 17.5. The van der Waals surface area contributed by atoms with Gasteiger partial charge in [0.05, 0.1) is 10.7 Å². The molecule has 0 N–H and O–H groups in total. The number of amides is 1. The van der Waals surface area contributed by atoms with E-state index < -0.39 is 5.54 Å². The van der Waals surface area contributed by atoms with Crippen LogP contribution in [0.25, 0.3) is 11.3 Å². The van der Waals surface area contributed by atoms with Gasteiger partial charge in [-0.3, -0.25) is 9.48 Å². The van der Waals surface area contributed by atoms with Crippen LogP contribution in [0.1, 0.15) is 39.2 Å². The molecule has 0 radical (unpaired) electrons. The zero-order chi connectivity index (χ0) is 17.4. The van der Waals surface area contributed by atoms with E-state index in [0.29, 0.717) is 5.02 Å². The van der Waals surface area contributed by atoms with Gasteiger partial charge in [-0.2, -0.15) is 5.10 Å². The van der Waals surface area contributed by atoms with Crippen molar-refractivity contribution in [2.45, 2.75) is 39.2 Å². The molecular formula is C18H24ClN3O. The number of hydrogen-bond donors (Lipinski definition) is 0. The number of hydrogen-bond acceptors (Lipinski definition) is 2. The molecule has 0 aliphatic heterocycles. The topological polar surface area (TPSA) is 38.1 Å². The Balaban J connectivity index is 2.61. The normalized spacial score (nSPS) is 11.8. The van der Waals surface area contributed by atoms with Gasteiger partial charge in [-0.05, 0) is 25.8 Å². The second kappa shape index (κ2) is 6.36. The smallest absolute Gasteiger partial charge is 0.249 e. The summed E-state index contributed by atoms with van der Waals surface area (Å²) in [6.45, 7) is 7.98. The maximum absolute atomic E-state index is 12.5. The predicted molar refractivity (Wildman–Crippen MR) is 94.8 cm³/mol. The molecule has 0 bridgehead atoms. The fourth-order valence-electron chi connectivity index (χ4n) is 2.60. The monoisotopic (exact) mass is 333 g/mol. The van der Waals surface area contributed by atoms with Crippen molar-refractivity contribution < 1.29 is 4.79 Å². The first-order valence-electron chi connectivity index (χ1n) is 7.73. The third-order valence-corrected chi connectivity index (χ3v) is 4.33. The minimum atomic E-state index is -0.757. The molecular weight excluding hydrogens is 310 g/mol. The second-order valence-electron chi connectivity index (χ2n) is 6.77. The fraction of sp³-hybridized carbons (Fsp3) is 0.444. The van der Waals surface area contributed by atoms with Crippen LogP contribution in [0.4, 0.5) is 0 Å². The fourth-order valence-corrected chi connectivity index (χ4v) is 2.83. The molecule has 23 heavy (non-hydrogen) atoms. The minimum Gasteiger partial charge on any atom is -0.347 e. The summed E-state index contributed by atoms with van der Waals surface area (Å²) in [5.74, 6) is 0.279. The molecule has 2 aromatic rings. The lowest BCUT2D eigenvalue weighted by Gasteiger charge is -2.27. The standard InChI is InChI=1S/C18H24ClN3O/c1-12(2)14-11-22(18(3,4)17(23)21(5)6)20-16(14)13-9-7-8-10-15(13)19/h7-12H,1-6H3. The highest BCUT2D eigenvalue weighted by Crippen LogP contribution is 2.34. The molecule has 5 heteroatoms. The first-order valence-corrected chi connectivity index (χ1v) is 8.10. The molecule has 0 fully saturated rings. The lowest BCUT2D eigenvalue weighted by molar-refractivity contribution is -0.137. The summed E-state index contributed by atoms with van der Waals surface area (Å²) < 4.78 is 1.75. The number of aromatic nitrogens is 2. The van der Waals surface area contributed by atoms with Crippen LogP contribution in [0, 0.1) is 0 Å². The Morgan fingerprint density at radius 1 is 1.26 bits per heavy atom. The average Bonchev–Trinajstić information content (AvgIpc) is 2.92. The molecule has 0 aliphatic rings. The van der Waals surface area contributed by atoms with Crippen LogP contribution in [0.2, 0.25) is 5.02 Å². The van der Waals surface area contributed by atoms with Crippen LogP contribution < -0.4 is 0 Å². The molecule has 0 saturated carbocycles. The van der Waals surface area contributed by atoms with Crippen LogP contribution in [0.5, 0.6) is 0 Å². The van der Waals surface area contributed by atoms with Crippen LogP contribution in [0.15, 0.2) is 30.5 Å². The number of rotatable bonds is 4. The van der Waals surface area contributed by atoms with Gasteiger partial charge in [-0.1, -0.05) is 43.6 Å². The molecule has 124 valence electrons. The first-order chi connectivity index (χ1) is 10.7. The van der Waals surface area contributed by atoms with E-state index in [1.165, 1.54) is 0 Å². The predicted octanol–water partition coefficient (Wildman–Crippen LogP) is 4.15. The Bertz CT molecular complexity index is 717. The Morgan fingerprint density at radius 3 is 2.39 bits per heavy atom. The SMILES string of the molecule is CC(C)c1cn(C(C)(C)C(=O)N(C)C)nc1-c1ccccc1Cl. The molecule has 1 amide bonds. The number of carbonyl (C=O) groups is 1. The van der Waals surface area contributed by atoms with Crippen LogP contribution >= 0.6 is 11.6 Å². The largest absolute Gasteiger partial charge is 0.347 e. The number of likely N-dealkylation sites (N-methyl/N-ethyl adjacent to an activating group) is 1. The average molecular weight is 334 g/mol. The molecule has 1 aromatic heterocycles. The number of benzene rings is 1. The highest BCUT2D eigenvalue weighted by Gasteiger charge is 2.33. The van der Waals surface area contributed by atoms with Crippen molar-refractivity contribution in [2.75, 3.05) is 14.1 Å². The van der Waals surface area contributed by atoms with Crippen molar-refractivity contribution in [3.8, 4) is 11.3 Å². The van der Waals surface area contributed by atoms with Gasteiger partial charge in [0.25, 0.3) is 0 Å². The molecule has 1 aromatic carbocycles. The lowest BCUT2D eigenvalue weighted by atomic mass is 9.99. The number of halogens is 1. The Morgan fingerprint density at radius 2 is 1.87 bits per heavy atom. The molecule has 1 heterocycles. The van der Waals surface area contributed by atoms with Crippen molar-refractivity contribution in [3.63, 3.8) is 0 Å². The summed E-state index contributed by atoms with van der Waals surface area (Å²) in [5.41, 5.74) is 2.06. The minimum absolute atomic E-state index is 0.000940. The molecule has 0 spiro atoms. The van der Waals surface area contributed by atoms with E-state index in [0.717, 1.165) is 16.8 Å². The lowest BCUT2D eigenvalue weighted by Crippen LogP contribution is -2.44. The maximum Gasteiger partial charge on any atom is 0.249 e. The molecule has 4 nitrogen and oxygen atoms in total. The van der Waals surface area contributed by atoms with E-state index in [4.69, 9.17) is 16.7 Å². The zero-order valence-corrected chi connectivity index (χ0v) is 15.3. The van der Waals surface area contributed by atoms with Crippen LogP contribution in [-0.2, 0) is 10.3 Å². The third kappa shape index (κ3) is 3.27. The Hall–Kier alpha value is -1.81.